The Hall–Kier alpha value is -1.86. The van der Waals surface area contributed by atoms with Gasteiger partial charge < -0.3 is 5.32 Å². The molecule has 1 amide bonds. The summed E-state index contributed by atoms with van der Waals surface area (Å²) in [5.41, 5.74) is 2.26. The zero-order chi connectivity index (χ0) is 16.4. The summed E-state index contributed by atoms with van der Waals surface area (Å²) in [6, 6.07) is 12.4. The highest BCUT2D eigenvalue weighted by Crippen LogP contribution is 2.21. The Morgan fingerprint density at radius 2 is 2.13 bits per heavy atom. The lowest BCUT2D eigenvalue weighted by atomic mass is 10.3. The number of aryl methyl sites for hydroxylation is 1. The number of rotatable bonds is 4. The Balaban J connectivity index is 1.67. The average Bonchev–Trinajstić information content (AvgIpc) is 2.85. The van der Waals surface area contributed by atoms with Crippen molar-refractivity contribution < 1.29 is 13.8 Å². The van der Waals surface area contributed by atoms with E-state index in [1.165, 1.54) is 23.9 Å². The molecule has 0 aliphatic carbocycles. The van der Waals surface area contributed by atoms with Gasteiger partial charge in [-0.25, -0.2) is 13.9 Å². The van der Waals surface area contributed by atoms with E-state index in [0.29, 0.717) is 4.47 Å². The molecule has 0 saturated heterocycles. The summed E-state index contributed by atoms with van der Waals surface area (Å²) in [5, 5.41) is 3.45. The highest BCUT2D eigenvalue weighted by molar-refractivity contribution is 9.10. The van der Waals surface area contributed by atoms with Crippen LogP contribution in [0.3, 0.4) is 0 Å². The number of aromatic nitrogens is 2. The fraction of sp³-hybridized carbons (Fsp3) is 0.125. The number of nitrogens with one attached hydrogen (secondary N) is 2. The molecule has 4 nitrogen and oxygen atoms in total. The van der Waals surface area contributed by atoms with E-state index in [1.807, 2.05) is 35.9 Å². The maximum Gasteiger partial charge on any atom is 0.317 e. The van der Waals surface area contributed by atoms with Crippen molar-refractivity contribution in [3.8, 4) is 0 Å². The number of halogens is 2. The van der Waals surface area contributed by atoms with Crippen LogP contribution in [0.1, 0.15) is 0 Å². The number of aromatic amines is 1. The van der Waals surface area contributed by atoms with Gasteiger partial charge in [-0.3, -0.25) is 4.79 Å². The monoisotopic (exact) mass is 394 g/mol. The van der Waals surface area contributed by atoms with Gasteiger partial charge in [0, 0.05) is 4.47 Å². The third kappa shape index (κ3) is 3.56. The first-order valence-corrected chi connectivity index (χ1v) is 8.67. The molecule has 3 aromatic rings. The van der Waals surface area contributed by atoms with Crippen LogP contribution in [0.5, 0.6) is 0 Å². The number of amides is 1. The molecule has 0 saturated carbocycles. The number of thioether (sulfide) groups is 1. The zero-order valence-electron chi connectivity index (χ0n) is 12.3. The summed E-state index contributed by atoms with van der Waals surface area (Å²) in [6.07, 6.45) is 0. The Labute approximate surface area is 145 Å². The van der Waals surface area contributed by atoms with Crippen LogP contribution in [0.4, 0.5) is 10.1 Å². The molecule has 23 heavy (non-hydrogen) atoms. The van der Waals surface area contributed by atoms with E-state index in [0.717, 1.165) is 16.2 Å². The number of imidazole rings is 1. The Bertz CT molecular complexity index is 881. The predicted octanol–water partition coefficient (Wildman–Crippen LogP) is 3.62. The fourth-order valence-corrected chi connectivity index (χ4v) is 3.37. The largest absolute Gasteiger partial charge is 0.323 e. The van der Waals surface area contributed by atoms with Crippen molar-refractivity contribution in [2.24, 2.45) is 7.05 Å². The van der Waals surface area contributed by atoms with Gasteiger partial charge in [0.15, 0.2) is 11.0 Å². The number of carbonyl (C=O) groups is 1. The van der Waals surface area contributed by atoms with E-state index in [4.69, 9.17) is 0 Å². The van der Waals surface area contributed by atoms with Crippen molar-refractivity contribution in [3.05, 3.63) is 52.8 Å². The molecular weight excluding hydrogens is 381 g/mol. The Kier molecular flexibility index (Phi) is 4.68. The molecule has 0 radical (unpaired) electrons. The molecule has 118 valence electrons. The lowest BCUT2D eigenvalue weighted by Crippen LogP contribution is -2.29. The predicted molar refractivity (Wildman–Crippen MR) is 92.9 cm³/mol. The number of fused-ring (bicyclic) bond motifs is 1. The van der Waals surface area contributed by atoms with Gasteiger partial charge in [0.25, 0.3) is 0 Å². The number of para-hydroxylation sites is 2. The van der Waals surface area contributed by atoms with Crippen LogP contribution in [-0.2, 0) is 11.8 Å². The maximum absolute atomic E-state index is 13.7. The molecule has 0 bridgehead atoms. The molecule has 2 aromatic carbocycles. The van der Waals surface area contributed by atoms with E-state index in [9.17, 15) is 9.18 Å². The number of hydrogen-bond donors (Lipinski definition) is 2. The Morgan fingerprint density at radius 1 is 1.35 bits per heavy atom. The van der Waals surface area contributed by atoms with Crippen LogP contribution in [0.15, 0.2) is 52.1 Å². The van der Waals surface area contributed by atoms with E-state index in [1.54, 1.807) is 6.07 Å². The second kappa shape index (κ2) is 6.72. The minimum atomic E-state index is -0.464. The van der Waals surface area contributed by atoms with E-state index in [-0.39, 0.29) is 17.3 Å². The van der Waals surface area contributed by atoms with Crippen LogP contribution < -0.4 is 9.88 Å². The normalized spacial score (nSPS) is 10.9. The minimum Gasteiger partial charge on any atom is -0.323 e. The molecule has 0 unspecified atom stereocenters. The quantitative estimate of drug-likeness (QED) is 0.524. The Morgan fingerprint density at radius 3 is 2.87 bits per heavy atom. The number of carbonyl (C=O) groups excluding carboxylic acids is 1. The zero-order valence-corrected chi connectivity index (χ0v) is 14.7. The fourth-order valence-electron chi connectivity index (χ4n) is 2.22. The molecule has 0 spiro atoms. The first-order chi connectivity index (χ1) is 11.0. The first kappa shape index (κ1) is 16.0. The molecule has 3 rings (SSSR count). The van der Waals surface area contributed by atoms with E-state index >= 15 is 0 Å². The van der Waals surface area contributed by atoms with Gasteiger partial charge in [0.1, 0.15) is 5.82 Å². The van der Waals surface area contributed by atoms with Crippen molar-refractivity contribution in [2.45, 2.75) is 5.16 Å². The van der Waals surface area contributed by atoms with Crippen molar-refractivity contribution in [1.29, 1.82) is 0 Å². The minimum absolute atomic E-state index is 0.180. The molecule has 1 heterocycles. The standard InChI is InChI=1S/C16H13BrFN3OS/c1-21-14-5-3-2-4-13(14)20-16(21)23-9-15(22)19-12-7-6-10(17)8-11(12)18/h2-8H,9H2,1H3,(H,19,22)/p+1. The van der Waals surface area contributed by atoms with Crippen molar-refractivity contribution in [1.82, 2.24) is 4.98 Å². The van der Waals surface area contributed by atoms with Gasteiger partial charge >= 0.3 is 5.16 Å². The molecule has 2 N–H and O–H groups in total. The summed E-state index contributed by atoms with van der Waals surface area (Å²) in [7, 11) is 1.94. The van der Waals surface area contributed by atoms with Crippen LogP contribution in [0.2, 0.25) is 0 Å². The highest BCUT2D eigenvalue weighted by atomic mass is 79.9. The van der Waals surface area contributed by atoms with Gasteiger partial charge in [-0.05, 0) is 42.1 Å². The smallest absolute Gasteiger partial charge is 0.317 e. The molecule has 1 aromatic heterocycles. The summed E-state index contributed by atoms with van der Waals surface area (Å²) in [4.78, 5) is 15.3. The summed E-state index contributed by atoms with van der Waals surface area (Å²) >= 11 is 4.56. The van der Waals surface area contributed by atoms with Crippen LogP contribution in [0.25, 0.3) is 11.0 Å². The number of nitrogens with zero attached hydrogens (tertiary/aromatic N) is 1. The van der Waals surface area contributed by atoms with Gasteiger partial charge in [-0.2, -0.15) is 0 Å². The SMILES string of the molecule is C[n+]1c(SCC(=O)Nc2ccc(Br)cc2F)[nH]c2ccccc21. The van der Waals surface area contributed by atoms with Gasteiger partial charge in [0.05, 0.1) is 18.5 Å². The maximum atomic E-state index is 13.7. The third-order valence-corrected chi connectivity index (χ3v) is 4.91. The number of H-pyrrole nitrogens is 1. The second-order valence-corrected chi connectivity index (χ2v) is 6.85. The van der Waals surface area contributed by atoms with E-state index in [2.05, 4.69) is 26.2 Å². The molecule has 0 fully saturated rings. The van der Waals surface area contributed by atoms with Gasteiger partial charge in [-0.1, -0.05) is 28.1 Å². The average molecular weight is 395 g/mol. The second-order valence-electron chi connectivity index (χ2n) is 4.97. The van der Waals surface area contributed by atoms with Crippen LogP contribution in [0, 0.1) is 5.82 Å². The molecule has 0 aliphatic heterocycles. The molecular formula is C16H14BrFN3OS+. The summed E-state index contributed by atoms with van der Waals surface area (Å²) < 4.78 is 16.3. The van der Waals surface area contributed by atoms with Crippen LogP contribution >= 0.6 is 27.7 Å². The van der Waals surface area contributed by atoms with E-state index < -0.39 is 5.82 Å². The summed E-state index contributed by atoms with van der Waals surface area (Å²) in [6.45, 7) is 0. The summed E-state index contributed by atoms with van der Waals surface area (Å²) in [5.74, 6) is -0.528. The van der Waals surface area contributed by atoms with Gasteiger partial charge in [0.2, 0.25) is 5.91 Å². The number of anilines is 1. The lowest BCUT2D eigenvalue weighted by Gasteiger charge is -2.05. The molecule has 7 heteroatoms. The number of benzene rings is 2. The highest BCUT2D eigenvalue weighted by Gasteiger charge is 2.17. The topological polar surface area (TPSA) is 48.8 Å². The van der Waals surface area contributed by atoms with Crippen molar-refractivity contribution in [2.75, 3.05) is 11.1 Å². The van der Waals surface area contributed by atoms with Crippen molar-refractivity contribution >= 4 is 50.3 Å². The molecule has 0 aliphatic rings. The molecule has 0 atom stereocenters. The van der Waals surface area contributed by atoms with Gasteiger partial charge in [-0.15, -0.1) is 0 Å². The first-order valence-electron chi connectivity index (χ1n) is 6.89. The van der Waals surface area contributed by atoms with Crippen molar-refractivity contribution in [3.63, 3.8) is 0 Å². The third-order valence-electron chi connectivity index (χ3n) is 3.36. The van der Waals surface area contributed by atoms with Crippen LogP contribution in [-0.4, -0.2) is 16.6 Å². The lowest BCUT2D eigenvalue weighted by molar-refractivity contribution is -0.683. The number of hydrogen-bond acceptors (Lipinski definition) is 2.